The molecule has 0 spiro atoms. The number of nitrogens with zero attached hydrogens (tertiary/aromatic N) is 2. The van der Waals surface area contributed by atoms with E-state index in [4.69, 9.17) is 10.1 Å². The highest BCUT2D eigenvalue weighted by atomic mass is 16.5. The fourth-order valence-electron chi connectivity index (χ4n) is 3.74. The minimum atomic E-state index is -0.252. The van der Waals surface area contributed by atoms with Crippen LogP contribution < -0.4 is 9.64 Å². The van der Waals surface area contributed by atoms with Gasteiger partial charge < -0.3 is 19.7 Å². The standard InChI is InChI=1S/C19H16N4O2/c1-25-11-7-6-10-8-15-17(24)16(18(20)23(15)14(10)9-11)19-21-12-4-2-3-5-13(12)22-19/h2-7,9,15,20,24H,8H2,1H3,(H,21,22). The molecule has 0 saturated carbocycles. The summed E-state index contributed by atoms with van der Waals surface area (Å²) >= 11 is 0. The van der Waals surface area contributed by atoms with Crippen LogP contribution in [0.25, 0.3) is 16.6 Å². The number of H-pyrrole nitrogens is 1. The lowest BCUT2D eigenvalue weighted by molar-refractivity contribution is 0.379. The highest BCUT2D eigenvalue weighted by Crippen LogP contribution is 2.44. The molecule has 3 aromatic rings. The Balaban J connectivity index is 1.62. The molecular weight excluding hydrogens is 316 g/mol. The molecule has 0 aliphatic carbocycles. The molecule has 0 amide bonds. The van der Waals surface area contributed by atoms with Gasteiger partial charge in [-0.2, -0.15) is 0 Å². The highest BCUT2D eigenvalue weighted by Gasteiger charge is 2.44. The predicted molar refractivity (Wildman–Crippen MR) is 96.3 cm³/mol. The quantitative estimate of drug-likeness (QED) is 0.672. The molecule has 25 heavy (non-hydrogen) atoms. The van der Waals surface area contributed by atoms with Crippen LogP contribution in [-0.4, -0.2) is 34.1 Å². The smallest absolute Gasteiger partial charge is 0.145 e. The Morgan fingerprint density at radius 2 is 2.12 bits per heavy atom. The van der Waals surface area contributed by atoms with Crippen LogP contribution >= 0.6 is 0 Å². The summed E-state index contributed by atoms with van der Waals surface area (Å²) in [7, 11) is 1.62. The molecule has 6 heteroatoms. The van der Waals surface area contributed by atoms with E-state index in [0.29, 0.717) is 17.8 Å². The van der Waals surface area contributed by atoms with Crippen molar-refractivity contribution in [2.45, 2.75) is 12.5 Å². The molecule has 0 radical (unpaired) electrons. The monoisotopic (exact) mass is 332 g/mol. The fourth-order valence-corrected chi connectivity index (χ4v) is 3.74. The van der Waals surface area contributed by atoms with E-state index in [1.54, 1.807) is 7.11 Å². The Kier molecular flexibility index (Phi) is 2.74. The molecule has 1 aromatic heterocycles. The van der Waals surface area contributed by atoms with Gasteiger partial charge in [-0.15, -0.1) is 0 Å². The van der Waals surface area contributed by atoms with E-state index in [1.165, 1.54) is 0 Å². The summed E-state index contributed by atoms with van der Waals surface area (Å²) in [5.74, 6) is 1.72. The van der Waals surface area contributed by atoms with Crippen LogP contribution in [0.15, 0.2) is 48.2 Å². The number of rotatable bonds is 2. The van der Waals surface area contributed by atoms with Crippen molar-refractivity contribution in [1.82, 2.24) is 9.97 Å². The third-order valence-electron chi connectivity index (χ3n) is 4.95. The largest absolute Gasteiger partial charge is 0.509 e. The van der Waals surface area contributed by atoms with E-state index in [9.17, 15) is 5.11 Å². The van der Waals surface area contributed by atoms with Gasteiger partial charge in [-0.25, -0.2) is 4.98 Å². The number of amidine groups is 1. The first-order chi connectivity index (χ1) is 12.2. The molecule has 1 atom stereocenters. The zero-order chi connectivity index (χ0) is 17.1. The van der Waals surface area contributed by atoms with Gasteiger partial charge in [-0.3, -0.25) is 5.41 Å². The van der Waals surface area contributed by atoms with E-state index >= 15 is 0 Å². The van der Waals surface area contributed by atoms with Crippen molar-refractivity contribution in [1.29, 1.82) is 5.41 Å². The first kappa shape index (κ1) is 14.1. The summed E-state index contributed by atoms with van der Waals surface area (Å²) in [6, 6.07) is 13.3. The topological polar surface area (TPSA) is 85.2 Å². The van der Waals surface area contributed by atoms with Crippen molar-refractivity contribution in [2.75, 3.05) is 12.0 Å². The molecule has 124 valence electrons. The van der Waals surface area contributed by atoms with E-state index in [-0.39, 0.29) is 17.6 Å². The maximum atomic E-state index is 10.8. The average molecular weight is 332 g/mol. The molecule has 0 saturated heterocycles. The molecule has 1 unspecified atom stereocenters. The molecule has 2 aliphatic rings. The maximum absolute atomic E-state index is 10.8. The minimum absolute atomic E-state index is 0.194. The minimum Gasteiger partial charge on any atom is -0.509 e. The summed E-state index contributed by atoms with van der Waals surface area (Å²) in [5, 5.41) is 19.5. The summed E-state index contributed by atoms with van der Waals surface area (Å²) in [4.78, 5) is 9.62. The lowest BCUT2D eigenvalue weighted by Crippen LogP contribution is -2.31. The molecule has 2 aliphatic heterocycles. The third kappa shape index (κ3) is 1.85. The van der Waals surface area contributed by atoms with Gasteiger partial charge in [0.25, 0.3) is 0 Å². The van der Waals surface area contributed by atoms with Gasteiger partial charge in [0.05, 0.1) is 35.4 Å². The zero-order valence-corrected chi connectivity index (χ0v) is 13.6. The lowest BCUT2D eigenvalue weighted by Gasteiger charge is -2.19. The summed E-state index contributed by atoms with van der Waals surface area (Å²) < 4.78 is 5.31. The van der Waals surface area contributed by atoms with Crippen molar-refractivity contribution >= 4 is 28.1 Å². The Labute approximate surface area is 143 Å². The number of aliphatic hydroxyl groups is 1. The molecule has 3 N–H and O–H groups in total. The maximum Gasteiger partial charge on any atom is 0.145 e. The van der Waals surface area contributed by atoms with Gasteiger partial charge >= 0.3 is 0 Å². The SMILES string of the molecule is COc1ccc2c(c1)N1C(=N)C(c3nc4ccccc4[nH]3)=C(O)C1C2. The fraction of sp³-hybridized carbons (Fsp3) is 0.158. The van der Waals surface area contributed by atoms with Gasteiger partial charge in [0.15, 0.2) is 0 Å². The zero-order valence-electron chi connectivity index (χ0n) is 13.6. The van der Waals surface area contributed by atoms with Crippen LogP contribution in [0.1, 0.15) is 11.4 Å². The Morgan fingerprint density at radius 3 is 2.92 bits per heavy atom. The van der Waals surface area contributed by atoms with E-state index in [1.807, 2.05) is 47.4 Å². The number of benzene rings is 2. The molecule has 6 nitrogen and oxygen atoms in total. The van der Waals surface area contributed by atoms with Crippen LogP contribution in [0.3, 0.4) is 0 Å². The molecule has 0 bridgehead atoms. The second-order valence-electron chi connectivity index (χ2n) is 6.30. The number of fused-ring (bicyclic) bond motifs is 4. The van der Waals surface area contributed by atoms with Gasteiger partial charge in [-0.1, -0.05) is 18.2 Å². The summed E-state index contributed by atoms with van der Waals surface area (Å²) in [6.45, 7) is 0. The number of imidazole rings is 1. The van der Waals surface area contributed by atoms with Crippen LogP contribution in [0.5, 0.6) is 5.75 Å². The van der Waals surface area contributed by atoms with E-state index in [2.05, 4.69) is 9.97 Å². The Morgan fingerprint density at radius 1 is 1.28 bits per heavy atom. The number of hydrogen-bond acceptors (Lipinski definition) is 4. The van der Waals surface area contributed by atoms with Crippen LogP contribution in [0.2, 0.25) is 0 Å². The third-order valence-corrected chi connectivity index (χ3v) is 4.95. The van der Waals surface area contributed by atoms with Gasteiger partial charge in [-0.05, 0) is 23.8 Å². The first-order valence-electron chi connectivity index (χ1n) is 8.10. The summed E-state index contributed by atoms with van der Waals surface area (Å²) in [6.07, 6.45) is 0.664. The van der Waals surface area contributed by atoms with Crippen LogP contribution in [-0.2, 0) is 6.42 Å². The molecule has 5 rings (SSSR count). The van der Waals surface area contributed by atoms with Crippen molar-refractivity contribution in [2.24, 2.45) is 0 Å². The summed E-state index contributed by atoms with van der Waals surface area (Å²) in [5.41, 5.74) is 4.19. The van der Waals surface area contributed by atoms with Crippen molar-refractivity contribution in [3.63, 3.8) is 0 Å². The van der Waals surface area contributed by atoms with Crippen molar-refractivity contribution < 1.29 is 9.84 Å². The number of para-hydroxylation sites is 2. The number of aromatic nitrogens is 2. The second-order valence-corrected chi connectivity index (χ2v) is 6.30. The highest BCUT2D eigenvalue weighted by molar-refractivity contribution is 6.31. The molecule has 2 aromatic carbocycles. The number of anilines is 1. The normalized spacial score (nSPS) is 18.8. The van der Waals surface area contributed by atoms with Crippen molar-refractivity contribution in [3.8, 4) is 5.75 Å². The number of hydrogen-bond donors (Lipinski definition) is 3. The number of ether oxygens (including phenoxy) is 1. The first-order valence-corrected chi connectivity index (χ1v) is 8.10. The van der Waals surface area contributed by atoms with Gasteiger partial charge in [0, 0.05) is 12.5 Å². The Bertz CT molecular complexity index is 1030. The van der Waals surface area contributed by atoms with Gasteiger partial charge in [0.2, 0.25) is 0 Å². The Hall–Kier alpha value is -3.28. The molecule has 3 heterocycles. The van der Waals surface area contributed by atoms with E-state index < -0.39 is 0 Å². The van der Waals surface area contributed by atoms with Crippen molar-refractivity contribution in [3.05, 3.63) is 59.6 Å². The number of nitrogens with one attached hydrogen (secondary N) is 2. The lowest BCUT2D eigenvalue weighted by atomic mass is 10.1. The van der Waals surface area contributed by atoms with E-state index in [0.717, 1.165) is 28.0 Å². The number of methoxy groups -OCH3 is 1. The van der Waals surface area contributed by atoms with Crippen LogP contribution in [0, 0.1) is 5.41 Å². The average Bonchev–Trinajstić information content (AvgIpc) is 3.27. The number of aromatic amines is 1. The number of aliphatic hydroxyl groups excluding tert-OH is 1. The predicted octanol–water partition coefficient (Wildman–Crippen LogP) is 3.26. The van der Waals surface area contributed by atoms with Gasteiger partial charge in [0.1, 0.15) is 23.2 Å². The molecule has 0 fully saturated rings. The van der Waals surface area contributed by atoms with Crippen LogP contribution in [0.4, 0.5) is 5.69 Å². The second kappa shape index (κ2) is 4.86. The molecular formula is C19H16N4O2.